The van der Waals surface area contributed by atoms with Crippen molar-refractivity contribution in [3.63, 3.8) is 0 Å². The largest absolute Gasteiger partial charge is 0.492 e. The molecule has 170 valence electrons. The van der Waals surface area contributed by atoms with Gasteiger partial charge in [0.1, 0.15) is 0 Å². The molecule has 1 amide bonds. The van der Waals surface area contributed by atoms with Gasteiger partial charge in [-0.3, -0.25) is 14.6 Å². The number of hydrogen-bond acceptors (Lipinski definition) is 8. The zero-order valence-corrected chi connectivity index (χ0v) is 18.4. The van der Waals surface area contributed by atoms with Crippen LogP contribution in [0.3, 0.4) is 0 Å². The molecule has 0 saturated carbocycles. The van der Waals surface area contributed by atoms with Gasteiger partial charge in [-0.05, 0) is 48.7 Å². The fourth-order valence-electron chi connectivity index (χ4n) is 3.90. The van der Waals surface area contributed by atoms with Crippen LogP contribution in [0.15, 0.2) is 45.6 Å². The molecule has 2 atom stereocenters. The number of amides is 1. The van der Waals surface area contributed by atoms with Crippen LogP contribution in [0.5, 0.6) is 17.4 Å². The lowest BCUT2D eigenvalue weighted by Gasteiger charge is -2.16. The van der Waals surface area contributed by atoms with E-state index in [9.17, 15) is 19.5 Å². The van der Waals surface area contributed by atoms with Crippen LogP contribution in [0.1, 0.15) is 34.2 Å². The summed E-state index contributed by atoms with van der Waals surface area (Å²) in [6.45, 7) is 1.92. The number of aromatic hydroxyl groups is 1. The SMILES string of the molecule is C[C@@H]1S[C@@H](C(=O)Nc2ccc(Cc3oc(=O)[nH]c3O)cc2)Cc2cc3c(cc2C1=O)OCO3. The molecule has 3 N–H and O–H groups in total. The van der Waals surface area contributed by atoms with Gasteiger partial charge in [-0.25, -0.2) is 4.79 Å². The van der Waals surface area contributed by atoms with Crippen molar-refractivity contribution in [2.45, 2.75) is 30.3 Å². The molecule has 3 aromatic rings. The fraction of sp³-hybridized carbons (Fsp3) is 0.261. The van der Waals surface area contributed by atoms with E-state index in [1.54, 1.807) is 43.3 Å². The first kappa shape index (κ1) is 21.2. The van der Waals surface area contributed by atoms with E-state index in [1.165, 1.54) is 11.8 Å². The molecule has 9 nitrogen and oxygen atoms in total. The summed E-state index contributed by atoms with van der Waals surface area (Å²) in [5, 5.41) is 11.7. The molecule has 0 unspecified atom stereocenters. The molecular formula is C23H20N2O7S. The van der Waals surface area contributed by atoms with Crippen molar-refractivity contribution in [2.75, 3.05) is 12.1 Å². The third kappa shape index (κ3) is 4.21. The maximum absolute atomic E-state index is 13.1. The Labute approximate surface area is 192 Å². The second-order valence-electron chi connectivity index (χ2n) is 7.85. The second-order valence-corrected chi connectivity index (χ2v) is 9.40. The molecular weight excluding hydrogens is 448 g/mol. The summed E-state index contributed by atoms with van der Waals surface area (Å²) < 4.78 is 15.7. The number of aromatic amines is 1. The van der Waals surface area contributed by atoms with E-state index in [2.05, 4.69) is 10.3 Å². The van der Waals surface area contributed by atoms with E-state index in [1.807, 2.05) is 0 Å². The molecule has 2 aromatic carbocycles. The number of thioether (sulfide) groups is 1. The van der Waals surface area contributed by atoms with Gasteiger partial charge in [0.15, 0.2) is 23.0 Å². The van der Waals surface area contributed by atoms with Gasteiger partial charge >= 0.3 is 5.76 Å². The number of benzene rings is 2. The molecule has 2 aliphatic heterocycles. The number of fused-ring (bicyclic) bond motifs is 2. The normalized spacial score (nSPS) is 19.1. The standard InChI is InChI=1S/C23H20N2O7S/c1-11-20(26)15-9-17-16(30-10-31-17)7-13(15)8-19(33-11)22(28)24-14-4-2-12(3-5-14)6-18-21(27)25-23(29)32-18/h2-5,7,9,11,19,27H,6,8,10H2,1H3,(H,24,28)(H,25,29)/t11-,19+/m0/s1. The molecule has 5 rings (SSSR count). The van der Waals surface area contributed by atoms with E-state index in [0.29, 0.717) is 29.2 Å². The van der Waals surface area contributed by atoms with E-state index >= 15 is 0 Å². The zero-order chi connectivity index (χ0) is 23.1. The average Bonchev–Trinajstić information content (AvgIpc) is 3.34. The molecule has 0 saturated heterocycles. The predicted octanol–water partition coefficient (Wildman–Crippen LogP) is 2.86. The maximum Gasteiger partial charge on any atom is 0.419 e. The van der Waals surface area contributed by atoms with Crippen molar-refractivity contribution in [1.82, 2.24) is 4.98 Å². The summed E-state index contributed by atoms with van der Waals surface area (Å²) in [5.74, 6) is 0.0271. The monoisotopic (exact) mass is 468 g/mol. The van der Waals surface area contributed by atoms with Gasteiger partial charge < -0.3 is 24.3 Å². The quantitative estimate of drug-likeness (QED) is 0.533. The smallest absolute Gasteiger partial charge is 0.419 e. The molecule has 0 bridgehead atoms. The van der Waals surface area contributed by atoms with Crippen molar-refractivity contribution in [2.24, 2.45) is 0 Å². The first-order valence-corrected chi connectivity index (χ1v) is 11.2. The minimum Gasteiger partial charge on any atom is -0.492 e. The van der Waals surface area contributed by atoms with Crippen LogP contribution >= 0.6 is 11.8 Å². The Hall–Kier alpha value is -3.66. The molecule has 2 aliphatic rings. The van der Waals surface area contributed by atoms with Gasteiger partial charge in [-0.1, -0.05) is 12.1 Å². The average molecular weight is 468 g/mol. The number of oxazole rings is 1. The summed E-state index contributed by atoms with van der Waals surface area (Å²) >= 11 is 1.33. The number of ketones is 1. The van der Waals surface area contributed by atoms with Crippen molar-refractivity contribution < 1.29 is 28.6 Å². The Morgan fingerprint density at radius 1 is 1.18 bits per heavy atom. The molecule has 10 heteroatoms. The van der Waals surface area contributed by atoms with Crippen LogP contribution in [0.4, 0.5) is 5.69 Å². The van der Waals surface area contributed by atoms with Crippen molar-refractivity contribution in [1.29, 1.82) is 0 Å². The van der Waals surface area contributed by atoms with E-state index in [4.69, 9.17) is 13.9 Å². The number of hydrogen-bond donors (Lipinski definition) is 3. The van der Waals surface area contributed by atoms with Crippen LogP contribution in [0.2, 0.25) is 0 Å². The number of aromatic nitrogens is 1. The number of carbonyl (C=O) groups excluding carboxylic acids is 2. The van der Waals surface area contributed by atoms with Crippen molar-refractivity contribution in [3.8, 4) is 17.4 Å². The van der Waals surface area contributed by atoms with Gasteiger partial charge in [0.05, 0.1) is 10.5 Å². The number of nitrogens with one attached hydrogen (secondary N) is 2. The van der Waals surface area contributed by atoms with Crippen molar-refractivity contribution in [3.05, 3.63) is 69.4 Å². The Bertz CT molecular complexity index is 1300. The summed E-state index contributed by atoms with van der Waals surface area (Å²) in [4.78, 5) is 39.3. The first-order chi connectivity index (χ1) is 15.9. The fourth-order valence-corrected chi connectivity index (χ4v) is 5.10. The predicted molar refractivity (Wildman–Crippen MR) is 120 cm³/mol. The number of rotatable bonds is 4. The summed E-state index contributed by atoms with van der Waals surface area (Å²) in [5.41, 5.74) is 2.72. The highest BCUT2D eigenvalue weighted by atomic mass is 32.2. The Kier molecular flexibility index (Phi) is 5.37. The lowest BCUT2D eigenvalue weighted by atomic mass is 9.97. The summed E-state index contributed by atoms with van der Waals surface area (Å²) in [7, 11) is 0. The zero-order valence-electron chi connectivity index (χ0n) is 17.5. The molecule has 0 fully saturated rings. The van der Waals surface area contributed by atoms with Crippen LogP contribution in [0, 0.1) is 0 Å². The van der Waals surface area contributed by atoms with Gasteiger partial charge in [0.25, 0.3) is 0 Å². The number of H-pyrrole nitrogens is 1. The Balaban J connectivity index is 1.30. The number of Topliss-reactive ketones (excluding diaryl/α,β-unsaturated/α-hetero) is 1. The van der Waals surface area contributed by atoms with Gasteiger partial charge in [-0.2, -0.15) is 0 Å². The molecule has 0 spiro atoms. The number of anilines is 1. The molecule has 0 aliphatic carbocycles. The first-order valence-electron chi connectivity index (χ1n) is 10.3. The van der Waals surface area contributed by atoms with Crippen LogP contribution in [0.25, 0.3) is 0 Å². The van der Waals surface area contributed by atoms with E-state index in [-0.39, 0.29) is 41.8 Å². The summed E-state index contributed by atoms with van der Waals surface area (Å²) in [6, 6.07) is 10.5. The lowest BCUT2D eigenvalue weighted by molar-refractivity contribution is -0.115. The van der Waals surface area contributed by atoms with Crippen LogP contribution in [-0.4, -0.2) is 39.1 Å². The molecule has 1 aromatic heterocycles. The lowest BCUT2D eigenvalue weighted by Crippen LogP contribution is -2.28. The van der Waals surface area contributed by atoms with Crippen molar-refractivity contribution >= 4 is 29.1 Å². The van der Waals surface area contributed by atoms with Crippen LogP contribution in [-0.2, 0) is 17.6 Å². The van der Waals surface area contributed by atoms with E-state index < -0.39 is 11.0 Å². The highest BCUT2D eigenvalue weighted by molar-refractivity contribution is 8.01. The van der Waals surface area contributed by atoms with Gasteiger partial charge in [0, 0.05) is 17.7 Å². The second kappa shape index (κ2) is 8.36. The number of carbonyl (C=O) groups is 2. The third-order valence-electron chi connectivity index (χ3n) is 5.59. The third-order valence-corrected chi connectivity index (χ3v) is 6.92. The van der Waals surface area contributed by atoms with Crippen LogP contribution < -0.4 is 20.5 Å². The Morgan fingerprint density at radius 3 is 2.61 bits per heavy atom. The molecule has 3 heterocycles. The minimum atomic E-state index is -0.717. The number of ether oxygens (including phenoxy) is 2. The minimum absolute atomic E-state index is 0.0346. The van der Waals surface area contributed by atoms with Gasteiger partial charge in [0.2, 0.25) is 18.6 Å². The summed E-state index contributed by atoms with van der Waals surface area (Å²) in [6.07, 6.45) is 0.617. The highest BCUT2D eigenvalue weighted by Crippen LogP contribution is 2.39. The molecule has 33 heavy (non-hydrogen) atoms. The Morgan fingerprint density at radius 2 is 1.91 bits per heavy atom. The van der Waals surface area contributed by atoms with Gasteiger partial charge in [-0.15, -0.1) is 11.8 Å². The topological polar surface area (TPSA) is 131 Å². The van der Waals surface area contributed by atoms with E-state index in [0.717, 1.165) is 11.1 Å². The maximum atomic E-state index is 13.1. The molecule has 0 radical (unpaired) electrons. The highest BCUT2D eigenvalue weighted by Gasteiger charge is 2.33.